The van der Waals surface area contributed by atoms with Crippen LogP contribution in [0.2, 0.25) is 0 Å². The number of ketones is 1. The van der Waals surface area contributed by atoms with E-state index in [4.69, 9.17) is 0 Å². The molecule has 2 rings (SSSR count). The Balaban J connectivity index is 2.25. The number of Topliss-reactive ketones (excluding diaryl/α,β-unsaturated/α-hetero) is 1. The summed E-state index contributed by atoms with van der Waals surface area (Å²) in [7, 11) is 0. The maximum absolute atomic E-state index is 12.8. The van der Waals surface area contributed by atoms with E-state index in [1.54, 1.807) is 19.9 Å². The second-order valence-electron chi connectivity index (χ2n) is 6.60. The maximum Gasteiger partial charge on any atom is 0.252 e. The molecule has 0 fully saturated rings. The van der Waals surface area contributed by atoms with Gasteiger partial charge in [0.2, 0.25) is 0 Å². The highest BCUT2D eigenvalue weighted by Crippen LogP contribution is 2.18. The van der Waals surface area contributed by atoms with Crippen molar-refractivity contribution in [1.82, 2.24) is 5.32 Å². The van der Waals surface area contributed by atoms with E-state index >= 15 is 0 Å². The van der Waals surface area contributed by atoms with Crippen LogP contribution in [0.3, 0.4) is 0 Å². The Hall–Kier alpha value is -2.42. The molecule has 120 valence electrons. The van der Waals surface area contributed by atoms with E-state index < -0.39 is 5.54 Å². The standard InChI is InChI=1S/C20H23NO2/c1-13-10-14(2)12-16(11-13)18(22)20(4,5)21-19(23)17-9-7-6-8-15(17)3/h6-12H,1-5H3,(H,21,23). The van der Waals surface area contributed by atoms with Crippen molar-refractivity contribution in [2.45, 2.75) is 40.2 Å². The zero-order valence-electron chi connectivity index (χ0n) is 14.4. The van der Waals surface area contributed by atoms with Crippen LogP contribution in [0.25, 0.3) is 0 Å². The van der Waals surface area contributed by atoms with E-state index in [1.807, 2.05) is 57.2 Å². The summed E-state index contributed by atoms with van der Waals surface area (Å²) in [5.41, 5.74) is 3.20. The molecular formula is C20H23NO2. The Bertz CT molecular complexity index is 740. The molecular weight excluding hydrogens is 286 g/mol. The summed E-state index contributed by atoms with van der Waals surface area (Å²) in [5, 5.41) is 2.86. The largest absolute Gasteiger partial charge is 0.340 e. The van der Waals surface area contributed by atoms with Crippen LogP contribution < -0.4 is 5.32 Å². The van der Waals surface area contributed by atoms with E-state index in [2.05, 4.69) is 5.32 Å². The van der Waals surface area contributed by atoms with Crippen LogP contribution in [0, 0.1) is 20.8 Å². The first kappa shape index (κ1) is 16.9. The van der Waals surface area contributed by atoms with Crippen molar-refractivity contribution in [2.24, 2.45) is 0 Å². The number of hydrogen-bond donors (Lipinski definition) is 1. The van der Waals surface area contributed by atoms with E-state index in [9.17, 15) is 9.59 Å². The van der Waals surface area contributed by atoms with Crippen LogP contribution in [0.1, 0.15) is 51.3 Å². The van der Waals surface area contributed by atoms with Gasteiger partial charge in [-0.05, 0) is 58.4 Å². The number of rotatable bonds is 4. The first-order valence-electron chi connectivity index (χ1n) is 7.72. The molecule has 0 spiro atoms. The number of amides is 1. The van der Waals surface area contributed by atoms with Gasteiger partial charge in [-0.1, -0.05) is 35.4 Å². The summed E-state index contributed by atoms with van der Waals surface area (Å²) in [4.78, 5) is 25.3. The fourth-order valence-corrected chi connectivity index (χ4v) is 2.70. The lowest BCUT2D eigenvalue weighted by atomic mass is 9.91. The van der Waals surface area contributed by atoms with Gasteiger partial charge in [0, 0.05) is 11.1 Å². The van der Waals surface area contributed by atoms with Crippen molar-refractivity contribution < 1.29 is 9.59 Å². The maximum atomic E-state index is 12.8. The number of hydrogen-bond acceptors (Lipinski definition) is 2. The first-order valence-corrected chi connectivity index (χ1v) is 7.72. The Morgan fingerprint density at radius 2 is 1.48 bits per heavy atom. The normalized spacial score (nSPS) is 11.2. The number of nitrogens with one attached hydrogen (secondary N) is 1. The summed E-state index contributed by atoms with van der Waals surface area (Å²) in [6.45, 7) is 9.28. The van der Waals surface area contributed by atoms with Gasteiger partial charge in [-0.2, -0.15) is 0 Å². The molecule has 3 heteroatoms. The molecule has 0 aliphatic heterocycles. The molecule has 0 atom stereocenters. The minimum absolute atomic E-state index is 0.0914. The molecule has 23 heavy (non-hydrogen) atoms. The van der Waals surface area contributed by atoms with Crippen molar-refractivity contribution in [1.29, 1.82) is 0 Å². The van der Waals surface area contributed by atoms with Crippen molar-refractivity contribution in [3.8, 4) is 0 Å². The molecule has 0 aliphatic carbocycles. The van der Waals surface area contributed by atoms with Crippen LogP contribution in [0.4, 0.5) is 0 Å². The fourth-order valence-electron chi connectivity index (χ4n) is 2.70. The molecule has 0 saturated carbocycles. The second kappa shape index (κ2) is 6.37. The van der Waals surface area contributed by atoms with E-state index in [-0.39, 0.29) is 11.7 Å². The third kappa shape index (κ3) is 3.86. The Labute approximate surface area is 137 Å². The number of benzene rings is 2. The number of carbonyl (C=O) groups is 2. The van der Waals surface area contributed by atoms with Crippen LogP contribution in [-0.4, -0.2) is 17.2 Å². The van der Waals surface area contributed by atoms with Crippen molar-refractivity contribution in [3.63, 3.8) is 0 Å². The van der Waals surface area contributed by atoms with E-state index in [0.29, 0.717) is 11.1 Å². The predicted octanol–water partition coefficient (Wildman–Crippen LogP) is 4.00. The van der Waals surface area contributed by atoms with Gasteiger partial charge in [-0.3, -0.25) is 9.59 Å². The Kier molecular flexibility index (Phi) is 4.69. The molecule has 0 radical (unpaired) electrons. The third-order valence-corrected chi connectivity index (χ3v) is 3.87. The molecule has 1 amide bonds. The smallest absolute Gasteiger partial charge is 0.252 e. The minimum atomic E-state index is -0.973. The topological polar surface area (TPSA) is 46.2 Å². The molecule has 2 aromatic rings. The van der Waals surface area contributed by atoms with Crippen molar-refractivity contribution in [2.75, 3.05) is 0 Å². The second-order valence-corrected chi connectivity index (χ2v) is 6.60. The molecule has 2 aromatic carbocycles. The van der Waals surface area contributed by atoms with Crippen LogP contribution >= 0.6 is 0 Å². The molecule has 0 bridgehead atoms. The summed E-state index contributed by atoms with van der Waals surface area (Å²) < 4.78 is 0. The van der Waals surface area contributed by atoms with Crippen LogP contribution in [-0.2, 0) is 0 Å². The Morgan fingerprint density at radius 3 is 2.04 bits per heavy atom. The summed E-state index contributed by atoms with van der Waals surface area (Å²) in [5.74, 6) is -0.322. The highest BCUT2D eigenvalue weighted by molar-refractivity contribution is 6.07. The molecule has 0 unspecified atom stereocenters. The minimum Gasteiger partial charge on any atom is -0.340 e. The average molecular weight is 309 g/mol. The quantitative estimate of drug-likeness (QED) is 0.868. The van der Waals surface area contributed by atoms with Crippen LogP contribution in [0.5, 0.6) is 0 Å². The molecule has 0 heterocycles. The monoisotopic (exact) mass is 309 g/mol. The number of aryl methyl sites for hydroxylation is 3. The predicted molar refractivity (Wildman–Crippen MR) is 93.0 cm³/mol. The number of carbonyl (C=O) groups excluding carboxylic acids is 2. The summed E-state index contributed by atoms with van der Waals surface area (Å²) in [6, 6.07) is 13.1. The lowest BCUT2D eigenvalue weighted by Crippen LogP contribution is -2.49. The SMILES string of the molecule is Cc1cc(C)cc(C(=O)C(C)(C)NC(=O)c2ccccc2C)c1. The van der Waals surface area contributed by atoms with E-state index in [1.165, 1.54) is 0 Å². The van der Waals surface area contributed by atoms with Gasteiger partial charge < -0.3 is 5.32 Å². The van der Waals surface area contributed by atoms with E-state index in [0.717, 1.165) is 16.7 Å². The van der Waals surface area contributed by atoms with Crippen LogP contribution in [0.15, 0.2) is 42.5 Å². The van der Waals surface area contributed by atoms with Gasteiger partial charge in [-0.15, -0.1) is 0 Å². The lowest BCUT2D eigenvalue weighted by molar-refractivity contribution is 0.0798. The third-order valence-electron chi connectivity index (χ3n) is 3.87. The lowest BCUT2D eigenvalue weighted by Gasteiger charge is -2.25. The van der Waals surface area contributed by atoms with Gasteiger partial charge in [0.1, 0.15) is 0 Å². The van der Waals surface area contributed by atoms with Crippen molar-refractivity contribution >= 4 is 11.7 Å². The van der Waals surface area contributed by atoms with Gasteiger partial charge in [0.15, 0.2) is 5.78 Å². The molecule has 1 N–H and O–H groups in total. The van der Waals surface area contributed by atoms with Crippen molar-refractivity contribution in [3.05, 3.63) is 70.3 Å². The highest BCUT2D eigenvalue weighted by atomic mass is 16.2. The molecule has 3 nitrogen and oxygen atoms in total. The molecule has 0 saturated heterocycles. The summed E-state index contributed by atoms with van der Waals surface area (Å²) in [6.07, 6.45) is 0. The fraction of sp³-hybridized carbons (Fsp3) is 0.300. The molecule has 0 aliphatic rings. The van der Waals surface area contributed by atoms with Gasteiger partial charge in [0.05, 0.1) is 5.54 Å². The summed E-state index contributed by atoms with van der Waals surface area (Å²) >= 11 is 0. The molecule has 0 aromatic heterocycles. The van der Waals surface area contributed by atoms with Gasteiger partial charge in [0.25, 0.3) is 5.91 Å². The zero-order chi connectivity index (χ0) is 17.2. The van der Waals surface area contributed by atoms with Gasteiger partial charge >= 0.3 is 0 Å². The zero-order valence-corrected chi connectivity index (χ0v) is 14.4. The average Bonchev–Trinajstić information content (AvgIpc) is 2.45. The Morgan fingerprint density at radius 1 is 0.913 bits per heavy atom. The van der Waals surface area contributed by atoms with Gasteiger partial charge in [-0.25, -0.2) is 0 Å². The first-order chi connectivity index (χ1) is 10.7. The highest BCUT2D eigenvalue weighted by Gasteiger charge is 2.31.